The van der Waals surface area contributed by atoms with Gasteiger partial charge in [-0.25, -0.2) is 9.78 Å². The van der Waals surface area contributed by atoms with Crippen LogP contribution >= 0.6 is 0 Å². The molecule has 0 saturated carbocycles. The van der Waals surface area contributed by atoms with Gasteiger partial charge >= 0.3 is 5.97 Å². The maximum Gasteiger partial charge on any atom is 0.358 e. The summed E-state index contributed by atoms with van der Waals surface area (Å²) in [7, 11) is -1.51. The van der Waals surface area contributed by atoms with Gasteiger partial charge in [0, 0.05) is 16.7 Å². The quantitative estimate of drug-likeness (QED) is 0.306. The lowest BCUT2D eigenvalue weighted by atomic mass is 9.98. The topological polar surface area (TPSA) is 56.5 Å². The van der Waals surface area contributed by atoms with Crippen LogP contribution < -0.4 is 0 Å². The number of hydrogen-bond donors (Lipinski definition) is 0. The Balaban J connectivity index is 1.84. The smallest absolute Gasteiger partial charge is 0.358 e. The molecular weight excluding hydrogens is 426 g/mol. The highest BCUT2D eigenvalue weighted by atomic mass is 28.3. The fraction of sp³-hybridized carbons (Fsp3) is 0.296. The van der Waals surface area contributed by atoms with Gasteiger partial charge in [-0.05, 0) is 24.1 Å². The average molecular weight is 456 g/mol. The van der Waals surface area contributed by atoms with Crippen LogP contribution in [0.1, 0.15) is 46.7 Å². The van der Waals surface area contributed by atoms with Gasteiger partial charge in [-0.15, -0.1) is 5.54 Å². The average Bonchev–Trinajstić information content (AvgIpc) is 3.13. The highest BCUT2D eigenvalue weighted by Gasteiger charge is 2.25. The van der Waals surface area contributed by atoms with Crippen molar-refractivity contribution in [3.63, 3.8) is 0 Å². The second kappa shape index (κ2) is 9.20. The molecule has 0 N–H and O–H groups in total. The molecule has 1 aliphatic rings. The Kier molecular flexibility index (Phi) is 6.34. The van der Waals surface area contributed by atoms with Crippen molar-refractivity contribution in [2.45, 2.75) is 40.0 Å². The van der Waals surface area contributed by atoms with Crippen molar-refractivity contribution in [2.24, 2.45) is 10.9 Å². The van der Waals surface area contributed by atoms with Gasteiger partial charge in [0.2, 0.25) is 0 Å². The van der Waals surface area contributed by atoms with Crippen molar-refractivity contribution in [2.75, 3.05) is 6.61 Å². The van der Waals surface area contributed by atoms with E-state index in [-0.39, 0.29) is 5.92 Å². The van der Waals surface area contributed by atoms with Crippen molar-refractivity contribution >= 4 is 19.8 Å². The van der Waals surface area contributed by atoms with Gasteiger partial charge in [0.05, 0.1) is 30.2 Å². The van der Waals surface area contributed by atoms with Crippen LogP contribution in [0.3, 0.4) is 0 Å². The molecule has 2 aromatic carbocycles. The van der Waals surface area contributed by atoms with Crippen molar-refractivity contribution in [3.05, 3.63) is 82.9 Å². The molecule has 0 atom stereocenters. The Morgan fingerprint density at radius 3 is 2.61 bits per heavy atom. The number of nitrogens with zero attached hydrogens (tertiary/aromatic N) is 3. The van der Waals surface area contributed by atoms with Gasteiger partial charge < -0.3 is 4.74 Å². The lowest BCUT2D eigenvalue weighted by Crippen LogP contribution is -2.16. The molecule has 0 radical (unpaired) electrons. The van der Waals surface area contributed by atoms with E-state index in [1.54, 1.807) is 6.33 Å². The molecule has 5 nitrogen and oxygen atoms in total. The van der Waals surface area contributed by atoms with E-state index < -0.39 is 14.0 Å². The number of hydrogen-bond acceptors (Lipinski definition) is 4. The van der Waals surface area contributed by atoms with Crippen molar-refractivity contribution in [3.8, 4) is 17.2 Å². The summed E-state index contributed by atoms with van der Waals surface area (Å²) in [5.74, 6) is 3.21. The summed E-state index contributed by atoms with van der Waals surface area (Å²) in [4.78, 5) is 22.1. The van der Waals surface area contributed by atoms with Crippen LogP contribution in [0.4, 0.5) is 0 Å². The van der Waals surface area contributed by atoms with Gasteiger partial charge in [0.25, 0.3) is 0 Å². The summed E-state index contributed by atoms with van der Waals surface area (Å²) < 4.78 is 7.41. The van der Waals surface area contributed by atoms with Crippen LogP contribution in [-0.4, -0.2) is 35.9 Å². The molecular formula is C27H29N3O2Si. The first-order valence-corrected chi connectivity index (χ1v) is 14.7. The minimum Gasteiger partial charge on any atom is -0.461 e. The summed E-state index contributed by atoms with van der Waals surface area (Å²) in [6, 6.07) is 16.3. The maximum absolute atomic E-state index is 12.7. The summed E-state index contributed by atoms with van der Waals surface area (Å²) in [5.41, 5.74) is 9.27. The van der Waals surface area contributed by atoms with Gasteiger partial charge in [-0.3, -0.25) is 9.56 Å². The first kappa shape index (κ1) is 22.7. The zero-order valence-corrected chi connectivity index (χ0v) is 20.8. The van der Waals surface area contributed by atoms with Crippen molar-refractivity contribution < 1.29 is 9.53 Å². The maximum atomic E-state index is 12.7. The number of aliphatic imine (C=N–C) groups is 1. The van der Waals surface area contributed by atoms with E-state index in [1.807, 2.05) is 48.7 Å². The van der Waals surface area contributed by atoms with Gasteiger partial charge in [0.15, 0.2) is 5.69 Å². The number of carbonyl (C=O) groups is 1. The molecule has 1 aliphatic heterocycles. The van der Waals surface area contributed by atoms with E-state index >= 15 is 0 Å². The summed E-state index contributed by atoms with van der Waals surface area (Å²) in [6.07, 6.45) is 1.69. The monoisotopic (exact) mass is 455 g/mol. The summed E-state index contributed by atoms with van der Waals surface area (Å²) in [5, 5.41) is 0. The number of fused-ring (bicyclic) bond motifs is 3. The zero-order chi connectivity index (χ0) is 23.6. The molecule has 0 saturated heterocycles. The molecule has 4 rings (SSSR count). The number of rotatable bonds is 4. The predicted octanol–water partition coefficient (Wildman–Crippen LogP) is 5.27. The second-order valence-electron chi connectivity index (χ2n) is 9.66. The van der Waals surface area contributed by atoms with Crippen LogP contribution in [-0.2, 0) is 11.3 Å². The minimum absolute atomic E-state index is 0.259. The Morgan fingerprint density at radius 2 is 1.91 bits per heavy atom. The Bertz CT molecular complexity index is 1270. The van der Waals surface area contributed by atoms with Crippen LogP contribution in [0.25, 0.3) is 5.69 Å². The fourth-order valence-electron chi connectivity index (χ4n) is 3.57. The number of carbonyl (C=O) groups excluding carboxylic acids is 1. The molecule has 0 spiro atoms. The molecule has 6 heteroatoms. The van der Waals surface area contributed by atoms with Gasteiger partial charge in [-0.2, -0.15) is 0 Å². The number of benzene rings is 2. The number of imidazole rings is 1. The molecule has 33 heavy (non-hydrogen) atoms. The lowest BCUT2D eigenvalue weighted by molar-refractivity contribution is 0.0451. The normalized spacial score (nSPS) is 12.7. The molecule has 0 fully saturated rings. The van der Waals surface area contributed by atoms with E-state index in [1.165, 1.54) is 0 Å². The highest BCUT2D eigenvalue weighted by Crippen LogP contribution is 2.28. The summed E-state index contributed by atoms with van der Waals surface area (Å²) >= 11 is 0. The van der Waals surface area contributed by atoms with Crippen LogP contribution in [0.5, 0.6) is 0 Å². The van der Waals surface area contributed by atoms with Crippen LogP contribution in [0.2, 0.25) is 19.6 Å². The third-order valence-electron chi connectivity index (χ3n) is 5.13. The van der Waals surface area contributed by atoms with E-state index in [9.17, 15) is 4.79 Å². The van der Waals surface area contributed by atoms with Crippen LogP contribution in [0, 0.1) is 17.4 Å². The fourth-order valence-corrected chi connectivity index (χ4v) is 4.09. The zero-order valence-electron chi connectivity index (χ0n) is 19.8. The standard InChI is InChI=1S/C27H29N3O2Si/c1-19(2)17-32-27(31)26-24-16-28-25(21-9-7-6-8-10-21)22-15-20(13-14-33(3,4)5)11-12-23(22)30(24)18-29-26/h6-12,15,18-19H,16-17H2,1-5H3. The lowest BCUT2D eigenvalue weighted by Gasteiger charge is -2.13. The molecule has 0 amide bonds. The van der Waals surface area contributed by atoms with Gasteiger partial charge in [-0.1, -0.05) is 69.7 Å². The highest BCUT2D eigenvalue weighted by molar-refractivity contribution is 6.83. The molecule has 2 heterocycles. The first-order valence-electron chi connectivity index (χ1n) is 11.2. The molecule has 0 aliphatic carbocycles. The SMILES string of the molecule is CC(C)COC(=O)c1ncn2c1CN=C(c1ccccc1)c1cc(C#C[Si](C)(C)C)ccc1-2. The van der Waals surface area contributed by atoms with Crippen LogP contribution in [0.15, 0.2) is 59.9 Å². The Labute approximate surface area is 196 Å². The Hall–Kier alpha value is -3.43. The predicted molar refractivity (Wildman–Crippen MR) is 135 cm³/mol. The Morgan fingerprint density at radius 1 is 1.15 bits per heavy atom. The number of esters is 1. The third-order valence-corrected chi connectivity index (χ3v) is 6.01. The molecule has 1 aromatic heterocycles. The first-order chi connectivity index (χ1) is 15.7. The number of ether oxygens (including phenoxy) is 1. The minimum atomic E-state index is -1.51. The van der Waals surface area contributed by atoms with E-state index in [0.717, 1.165) is 33.8 Å². The van der Waals surface area contributed by atoms with E-state index in [2.05, 4.69) is 54.3 Å². The van der Waals surface area contributed by atoms with Crippen molar-refractivity contribution in [1.82, 2.24) is 9.55 Å². The van der Waals surface area contributed by atoms with E-state index in [4.69, 9.17) is 9.73 Å². The molecule has 168 valence electrons. The third kappa shape index (κ3) is 5.15. The van der Waals surface area contributed by atoms with Crippen molar-refractivity contribution in [1.29, 1.82) is 0 Å². The second-order valence-corrected chi connectivity index (χ2v) is 14.4. The van der Waals surface area contributed by atoms with Gasteiger partial charge in [0.1, 0.15) is 14.4 Å². The largest absolute Gasteiger partial charge is 0.461 e. The van der Waals surface area contributed by atoms with E-state index in [0.29, 0.717) is 18.8 Å². The molecule has 3 aromatic rings. The molecule has 0 bridgehead atoms. The molecule has 0 unspecified atom stereocenters. The number of aromatic nitrogens is 2. The summed E-state index contributed by atoms with van der Waals surface area (Å²) in [6.45, 7) is 11.4.